The van der Waals surface area contributed by atoms with Crippen LogP contribution in [0.25, 0.3) is 0 Å². The van der Waals surface area contributed by atoms with Crippen LogP contribution in [0.15, 0.2) is 0 Å². The van der Waals surface area contributed by atoms with Gasteiger partial charge in [0.1, 0.15) is 0 Å². The normalized spacial score (nSPS) is 14.5. The summed E-state index contributed by atoms with van der Waals surface area (Å²) in [5.74, 6) is 0. The lowest BCUT2D eigenvalue weighted by molar-refractivity contribution is 0.735. The Morgan fingerprint density at radius 2 is 2.50 bits per heavy atom. The second kappa shape index (κ2) is 3.83. The highest BCUT2D eigenvalue weighted by Gasteiger charge is 1.85. The van der Waals surface area contributed by atoms with Crippen LogP contribution < -0.4 is 9.26 Å². The second-order valence-electron chi connectivity index (χ2n) is 1.32. The molecular formula is C3H9IN2. The molecule has 0 aromatic rings. The molecule has 3 N–H and O–H groups in total. The lowest BCUT2D eigenvalue weighted by atomic mass is 10.4. The van der Waals surface area contributed by atoms with Crippen molar-refractivity contribution in [2.75, 3.05) is 6.54 Å². The summed E-state index contributed by atoms with van der Waals surface area (Å²) in [6, 6.07) is 0.280. The first-order valence-electron chi connectivity index (χ1n) is 1.86. The van der Waals surface area contributed by atoms with E-state index in [1.807, 2.05) is 6.92 Å². The SMILES string of the molecule is C[C@@H](N)CNI. The van der Waals surface area contributed by atoms with E-state index in [0.29, 0.717) is 0 Å². The summed E-state index contributed by atoms with van der Waals surface area (Å²) < 4.78 is 2.91. The summed E-state index contributed by atoms with van der Waals surface area (Å²) in [6.45, 7) is 2.85. The van der Waals surface area contributed by atoms with E-state index >= 15 is 0 Å². The summed E-state index contributed by atoms with van der Waals surface area (Å²) in [4.78, 5) is 0. The molecule has 2 nitrogen and oxygen atoms in total. The van der Waals surface area contributed by atoms with E-state index in [4.69, 9.17) is 5.73 Å². The molecule has 0 rings (SSSR count). The average Bonchev–Trinajstić information content (AvgIpc) is 1.35. The molecule has 38 valence electrons. The van der Waals surface area contributed by atoms with E-state index in [0.717, 1.165) is 6.54 Å². The molecule has 0 amide bonds. The van der Waals surface area contributed by atoms with Crippen molar-refractivity contribution in [3.05, 3.63) is 0 Å². The highest BCUT2D eigenvalue weighted by molar-refractivity contribution is 14.1. The molecule has 0 fully saturated rings. The van der Waals surface area contributed by atoms with E-state index in [1.165, 1.54) is 0 Å². The molecule has 6 heavy (non-hydrogen) atoms. The zero-order valence-corrected chi connectivity index (χ0v) is 5.90. The second-order valence-corrected chi connectivity index (χ2v) is 2.08. The Morgan fingerprint density at radius 3 is 2.50 bits per heavy atom. The van der Waals surface area contributed by atoms with Gasteiger partial charge in [-0.25, -0.2) is 0 Å². The summed E-state index contributed by atoms with van der Waals surface area (Å²) in [5.41, 5.74) is 5.34. The first-order valence-corrected chi connectivity index (χ1v) is 2.94. The van der Waals surface area contributed by atoms with Gasteiger partial charge in [-0.3, -0.25) is 3.53 Å². The third-order valence-electron chi connectivity index (χ3n) is 0.399. The van der Waals surface area contributed by atoms with Crippen molar-refractivity contribution < 1.29 is 0 Å². The molecule has 0 radical (unpaired) electrons. The Balaban J connectivity index is 2.63. The molecule has 0 saturated heterocycles. The summed E-state index contributed by atoms with van der Waals surface area (Å²) in [7, 11) is 0. The van der Waals surface area contributed by atoms with Crippen LogP contribution in [-0.4, -0.2) is 12.6 Å². The minimum atomic E-state index is 0.280. The lowest BCUT2D eigenvalue weighted by Gasteiger charge is -1.97. The van der Waals surface area contributed by atoms with E-state index in [2.05, 4.69) is 26.4 Å². The fourth-order valence-corrected chi connectivity index (χ4v) is 0.816. The molecule has 0 saturated carbocycles. The van der Waals surface area contributed by atoms with Crippen LogP contribution in [-0.2, 0) is 0 Å². The van der Waals surface area contributed by atoms with Gasteiger partial charge in [-0.15, -0.1) is 0 Å². The molecular weight excluding hydrogens is 191 g/mol. The van der Waals surface area contributed by atoms with E-state index in [9.17, 15) is 0 Å². The van der Waals surface area contributed by atoms with Gasteiger partial charge < -0.3 is 5.73 Å². The Bertz CT molecular complexity index is 30.0. The van der Waals surface area contributed by atoms with Crippen LogP contribution in [0, 0.1) is 0 Å². The molecule has 0 unspecified atom stereocenters. The number of hydrogen-bond acceptors (Lipinski definition) is 2. The Hall–Kier alpha value is 0.650. The average molecular weight is 200 g/mol. The minimum absolute atomic E-state index is 0.280. The van der Waals surface area contributed by atoms with Gasteiger partial charge in [-0.2, -0.15) is 0 Å². The maximum Gasteiger partial charge on any atom is 0.0199 e. The van der Waals surface area contributed by atoms with Crippen LogP contribution >= 0.6 is 22.9 Å². The fraction of sp³-hybridized carbons (Fsp3) is 1.00. The van der Waals surface area contributed by atoms with Crippen molar-refractivity contribution in [2.24, 2.45) is 5.73 Å². The largest absolute Gasteiger partial charge is 0.327 e. The third kappa shape index (κ3) is 4.65. The van der Waals surface area contributed by atoms with Gasteiger partial charge in [-0.1, -0.05) is 0 Å². The van der Waals surface area contributed by atoms with Crippen LogP contribution in [0.1, 0.15) is 6.92 Å². The van der Waals surface area contributed by atoms with Gasteiger partial charge in [0.2, 0.25) is 0 Å². The topological polar surface area (TPSA) is 38.0 Å². The van der Waals surface area contributed by atoms with Gasteiger partial charge in [0, 0.05) is 35.5 Å². The minimum Gasteiger partial charge on any atom is -0.327 e. The van der Waals surface area contributed by atoms with Crippen molar-refractivity contribution in [1.29, 1.82) is 0 Å². The zero-order chi connectivity index (χ0) is 4.99. The Kier molecular flexibility index (Phi) is 4.24. The lowest BCUT2D eigenvalue weighted by Crippen LogP contribution is -2.25. The third-order valence-corrected chi connectivity index (χ3v) is 0.840. The molecule has 1 atom stereocenters. The van der Waals surface area contributed by atoms with Crippen molar-refractivity contribution in [2.45, 2.75) is 13.0 Å². The van der Waals surface area contributed by atoms with Crippen molar-refractivity contribution in [3.8, 4) is 0 Å². The first-order chi connectivity index (χ1) is 2.77. The number of nitrogens with one attached hydrogen (secondary N) is 1. The van der Waals surface area contributed by atoms with E-state index in [-0.39, 0.29) is 6.04 Å². The van der Waals surface area contributed by atoms with Gasteiger partial charge in [0.15, 0.2) is 0 Å². The maximum absolute atomic E-state index is 5.34. The van der Waals surface area contributed by atoms with Gasteiger partial charge >= 0.3 is 0 Å². The molecule has 0 heterocycles. The van der Waals surface area contributed by atoms with Crippen molar-refractivity contribution >= 4 is 22.9 Å². The quantitative estimate of drug-likeness (QED) is 0.496. The van der Waals surface area contributed by atoms with Crippen LogP contribution in [0.4, 0.5) is 0 Å². The van der Waals surface area contributed by atoms with Crippen LogP contribution in [0.5, 0.6) is 0 Å². The summed E-state index contributed by atoms with van der Waals surface area (Å²) >= 11 is 2.07. The highest BCUT2D eigenvalue weighted by Crippen LogP contribution is 1.72. The molecule has 0 aromatic heterocycles. The molecule has 3 heteroatoms. The van der Waals surface area contributed by atoms with Crippen molar-refractivity contribution in [1.82, 2.24) is 3.53 Å². The highest BCUT2D eigenvalue weighted by atomic mass is 127. The standard InChI is InChI=1S/C3H9IN2/c1-3(5)2-6-4/h3,6H,2,5H2,1H3/t3-/m1/s1. The smallest absolute Gasteiger partial charge is 0.0199 e. The molecule has 0 aliphatic rings. The van der Waals surface area contributed by atoms with E-state index < -0.39 is 0 Å². The Labute approximate surface area is 52.0 Å². The van der Waals surface area contributed by atoms with Crippen molar-refractivity contribution in [3.63, 3.8) is 0 Å². The predicted molar refractivity (Wildman–Crippen MR) is 35.7 cm³/mol. The fourth-order valence-electron chi connectivity index (χ4n) is 0.122. The maximum atomic E-state index is 5.34. The Morgan fingerprint density at radius 1 is 2.00 bits per heavy atom. The molecule has 0 aromatic carbocycles. The van der Waals surface area contributed by atoms with Gasteiger partial charge in [0.05, 0.1) is 0 Å². The monoisotopic (exact) mass is 200 g/mol. The predicted octanol–water partition coefficient (Wildman–Crippen LogP) is 0.273. The number of hydrogen-bond donors (Lipinski definition) is 2. The van der Waals surface area contributed by atoms with Gasteiger partial charge in [-0.05, 0) is 6.92 Å². The molecule has 0 spiro atoms. The van der Waals surface area contributed by atoms with E-state index in [1.54, 1.807) is 0 Å². The molecule has 0 aliphatic heterocycles. The summed E-state index contributed by atoms with van der Waals surface area (Å²) in [5, 5.41) is 0. The van der Waals surface area contributed by atoms with Crippen LogP contribution in [0.2, 0.25) is 0 Å². The first kappa shape index (κ1) is 6.65. The van der Waals surface area contributed by atoms with Gasteiger partial charge in [0.25, 0.3) is 0 Å². The number of nitrogens with two attached hydrogens (primary N) is 1. The zero-order valence-electron chi connectivity index (χ0n) is 3.74. The number of halogens is 1. The summed E-state index contributed by atoms with van der Waals surface area (Å²) in [6.07, 6.45) is 0. The van der Waals surface area contributed by atoms with Crippen LogP contribution in [0.3, 0.4) is 0 Å². The molecule has 0 bridgehead atoms. The molecule has 0 aliphatic carbocycles. The number of rotatable bonds is 2.